The van der Waals surface area contributed by atoms with E-state index in [0.29, 0.717) is 25.6 Å². The van der Waals surface area contributed by atoms with E-state index in [1.165, 1.54) is 5.56 Å². The number of amides is 1. The summed E-state index contributed by atoms with van der Waals surface area (Å²) in [5.41, 5.74) is 6.60. The van der Waals surface area contributed by atoms with Gasteiger partial charge in [0.15, 0.2) is 0 Å². The van der Waals surface area contributed by atoms with Gasteiger partial charge in [0.2, 0.25) is 5.91 Å². The molecule has 1 heterocycles. The predicted octanol–water partition coefficient (Wildman–Crippen LogP) is 2.43. The van der Waals surface area contributed by atoms with Crippen LogP contribution in [0.15, 0.2) is 24.3 Å². The fraction of sp³-hybridized carbons (Fsp3) is 0.588. The molecule has 0 fully saturated rings. The molecular formula is C17H26N2O2. The first-order valence-electron chi connectivity index (χ1n) is 7.87. The molecule has 4 heteroatoms. The van der Waals surface area contributed by atoms with Crippen LogP contribution in [0.5, 0.6) is 5.75 Å². The van der Waals surface area contributed by atoms with Crippen molar-refractivity contribution in [2.45, 2.75) is 39.0 Å². The van der Waals surface area contributed by atoms with Gasteiger partial charge in [-0.05, 0) is 30.9 Å². The van der Waals surface area contributed by atoms with E-state index in [4.69, 9.17) is 10.5 Å². The van der Waals surface area contributed by atoms with Crippen LogP contribution >= 0.6 is 0 Å². The third kappa shape index (κ3) is 3.21. The van der Waals surface area contributed by atoms with Gasteiger partial charge in [0.05, 0.1) is 12.0 Å². The van der Waals surface area contributed by atoms with Crippen LogP contribution < -0.4 is 15.8 Å². The van der Waals surface area contributed by atoms with Crippen LogP contribution in [0.3, 0.4) is 0 Å². The fourth-order valence-corrected chi connectivity index (χ4v) is 2.98. The van der Waals surface area contributed by atoms with Crippen molar-refractivity contribution >= 4 is 5.91 Å². The zero-order valence-corrected chi connectivity index (χ0v) is 13.0. The summed E-state index contributed by atoms with van der Waals surface area (Å²) >= 11 is 0. The van der Waals surface area contributed by atoms with Gasteiger partial charge in [-0.15, -0.1) is 0 Å². The van der Waals surface area contributed by atoms with Gasteiger partial charge in [-0.3, -0.25) is 4.79 Å². The van der Waals surface area contributed by atoms with Crippen molar-refractivity contribution in [3.05, 3.63) is 29.8 Å². The molecule has 0 aromatic heterocycles. The Balaban J connectivity index is 2.02. The lowest BCUT2D eigenvalue weighted by Crippen LogP contribution is -2.46. The van der Waals surface area contributed by atoms with Gasteiger partial charge < -0.3 is 15.8 Å². The first-order valence-corrected chi connectivity index (χ1v) is 7.87. The number of hydrogen-bond acceptors (Lipinski definition) is 3. The molecule has 4 nitrogen and oxygen atoms in total. The summed E-state index contributed by atoms with van der Waals surface area (Å²) in [5, 5.41) is 3.11. The molecule has 1 aliphatic rings. The van der Waals surface area contributed by atoms with Gasteiger partial charge in [0.25, 0.3) is 0 Å². The molecule has 0 radical (unpaired) electrons. The smallest absolute Gasteiger partial charge is 0.227 e. The van der Waals surface area contributed by atoms with E-state index < -0.39 is 5.41 Å². The van der Waals surface area contributed by atoms with Crippen LogP contribution in [0, 0.1) is 5.41 Å². The molecule has 1 amide bonds. The maximum absolute atomic E-state index is 12.5. The predicted molar refractivity (Wildman–Crippen MR) is 84.4 cm³/mol. The largest absolute Gasteiger partial charge is 0.493 e. The Morgan fingerprint density at radius 1 is 1.38 bits per heavy atom. The Kier molecular flexibility index (Phi) is 5.23. The second-order valence-corrected chi connectivity index (χ2v) is 5.77. The Labute approximate surface area is 127 Å². The number of nitrogens with two attached hydrogens (primary N) is 1. The van der Waals surface area contributed by atoms with Gasteiger partial charge in [-0.2, -0.15) is 0 Å². The van der Waals surface area contributed by atoms with Crippen LogP contribution in [0.25, 0.3) is 0 Å². The zero-order chi connectivity index (χ0) is 15.3. The topological polar surface area (TPSA) is 64.4 Å². The third-order valence-corrected chi connectivity index (χ3v) is 4.82. The number of ether oxygens (including phenoxy) is 1. The zero-order valence-electron chi connectivity index (χ0n) is 13.0. The molecule has 1 aromatic rings. The van der Waals surface area contributed by atoms with Crippen LogP contribution in [-0.2, 0) is 4.79 Å². The molecule has 0 aliphatic carbocycles. The van der Waals surface area contributed by atoms with Crippen molar-refractivity contribution in [2.24, 2.45) is 11.1 Å². The Morgan fingerprint density at radius 3 is 2.76 bits per heavy atom. The number of hydrogen-bond donors (Lipinski definition) is 2. The minimum absolute atomic E-state index is 0.0824. The van der Waals surface area contributed by atoms with Gasteiger partial charge >= 0.3 is 0 Å². The Bertz CT molecular complexity index is 475. The van der Waals surface area contributed by atoms with Gasteiger partial charge in [0.1, 0.15) is 5.75 Å². The molecule has 2 rings (SSSR count). The quantitative estimate of drug-likeness (QED) is 0.845. The Hall–Kier alpha value is -1.55. The number of fused-ring (bicyclic) bond motifs is 1. The number of benzene rings is 1. The Morgan fingerprint density at radius 2 is 2.10 bits per heavy atom. The van der Waals surface area contributed by atoms with Crippen LogP contribution in [-0.4, -0.2) is 25.6 Å². The highest BCUT2D eigenvalue weighted by molar-refractivity contribution is 5.82. The molecule has 116 valence electrons. The van der Waals surface area contributed by atoms with Gasteiger partial charge in [-0.25, -0.2) is 0 Å². The lowest BCUT2D eigenvalue weighted by Gasteiger charge is -2.31. The van der Waals surface area contributed by atoms with E-state index in [9.17, 15) is 4.79 Å². The first kappa shape index (κ1) is 15.8. The fourth-order valence-electron chi connectivity index (χ4n) is 2.98. The van der Waals surface area contributed by atoms with Crippen molar-refractivity contribution in [3.8, 4) is 5.75 Å². The summed E-state index contributed by atoms with van der Waals surface area (Å²) in [6.45, 7) is 5.82. The average molecular weight is 290 g/mol. The number of para-hydroxylation sites is 1. The first-order chi connectivity index (χ1) is 10.2. The maximum Gasteiger partial charge on any atom is 0.227 e. The molecule has 1 unspecified atom stereocenters. The van der Waals surface area contributed by atoms with E-state index in [-0.39, 0.29) is 5.91 Å². The summed E-state index contributed by atoms with van der Waals surface area (Å²) in [5.74, 6) is 1.35. The summed E-state index contributed by atoms with van der Waals surface area (Å²) in [6, 6.07) is 8.07. The van der Waals surface area contributed by atoms with Crippen molar-refractivity contribution < 1.29 is 9.53 Å². The van der Waals surface area contributed by atoms with Crippen LogP contribution in [0.2, 0.25) is 0 Å². The van der Waals surface area contributed by atoms with E-state index in [0.717, 1.165) is 25.0 Å². The molecule has 0 saturated carbocycles. The molecule has 21 heavy (non-hydrogen) atoms. The minimum Gasteiger partial charge on any atom is -0.493 e. The summed E-state index contributed by atoms with van der Waals surface area (Å²) in [4.78, 5) is 12.5. The van der Waals surface area contributed by atoms with Crippen molar-refractivity contribution in [3.63, 3.8) is 0 Å². The second kappa shape index (κ2) is 6.94. The summed E-state index contributed by atoms with van der Waals surface area (Å²) in [6.07, 6.45) is 2.48. The van der Waals surface area contributed by atoms with E-state index in [1.807, 2.05) is 32.0 Å². The second-order valence-electron chi connectivity index (χ2n) is 5.77. The van der Waals surface area contributed by atoms with Gasteiger partial charge in [0, 0.05) is 19.0 Å². The SMILES string of the molecule is CCC(CC)(CN)C(=O)NCC1CCOc2ccccc21. The van der Waals surface area contributed by atoms with E-state index >= 15 is 0 Å². The average Bonchev–Trinajstić information content (AvgIpc) is 2.55. The maximum atomic E-state index is 12.5. The van der Waals surface area contributed by atoms with Gasteiger partial charge in [-0.1, -0.05) is 32.0 Å². The number of carbonyl (C=O) groups excluding carboxylic acids is 1. The number of rotatable bonds is 6. The lowest BCUT2D eigenvalue weighted by molar-refractivity contribution is -0.131. The highest BCUT2D eigenvalue weighted by Gasteiger charge is 2.33. The molecule has 0 saturated heterocycles. The highest BCUT2D eigenvalue weighted by Crippen LogP contribution is 2.33. The standard InChI is InChI=1S/C17H26N2O2/c1-3-17(4-2,12-18)16(20)19-11-13-9-10-21-15-8-6-5-7-14(13)15/h5-8,13H,3-4,9-12,18H2,1-2H3,(H,19,20). The molecule has 1 aromatic carbocycles. The van der Waals surface area contributed by atoms with E-state index in [1.54, 1.807) is 0 Å². The van der Waals surface area contributed by atoms with Crippen molar-refractivity contribution in [2.75, 3.05) is 19.7 Å². The van der Waals surface area contributed by atoms with E-state index in [2.05, 4.69) is 11.4 Å². The lowest BCUT2D eigenvalue weighted by atomic mass is 9.81. The number of nitrogens with one attached hydrogen (secondary N) is 1. The molecule has 0 spiro atoms. The molecular weight excluding hydrogens is 264 g/mol. The number of carbonyl (C=O) groups is 1. The minimum atomic E-state index is -0.426. The normalized spacial score (nSPS) is 17.8. The third-order valence-electron chi connectivity index (χ3n) is 4.82. The highest BCUT2D eigenvalue weighted by atomic mass is 16.5. The van der Waals surface area contributed by atoms with Crippen molar-refractivity contribution in [1.29, 1.82) is 0 Å². The molecule has 1 aliphatic heterocycles. The van der Waals surface area contributed by atoms with Crippen LogP contribution in [0.4, 0.5) is 0 Å². The summed E-state index contributed by atoms with van der Waals surface area (Å²) in [7, 11) is 0. The summed E-state index contributed by atoms with van der Waals surface area (Å²) < 4.78 is 5.66. The molecule has 0 bridgehead atoms. The monoisotopic (exact) mass is 290 g/mol. The van der Waals surface area contributed by atoms with Crippen molar-refractivity contribution in [1.82, 2.24) is 5.32 Å². The molecule has 3 N–H and O–H groups in total. The molecule has 1 atom stereocenters. The van der Waals surface area contributed by atoms with Crippen LogP contribution in [0.1, 0.15) is 44.6 Å².